The van der Waals surface area contributed by atoms with Gasteiger partial charge in [0.15, 0.2) is 5.78 Å². The van der Waals surface area contributed by atoms with Crippen LogP contribution in [0.1, 0.15) is 22.8 Å². The molecule has 1 aromatic heterocycles. The molecule has 3 nitrogen and oxygen atoms in total. The first-order chi connectivity index (χ1) is 11.3. The normalized spacial score (nSPS) is 11.0. The second-order valence-corrected chi connectivity index (χ2v) is 5.35. The summed E-state index contributed by atoms with van der Waals surface area (Å²) in [6.45, 7) is 1.48. The van der Waals surface area contributed by atoms with Gasteiger partial charge in [-0.1, -0.05) is 6.07 Å². The van der Waals surface area contributed by atoms with Crippen molar-refractivity contribution in [3.05, 3.63) is 65.9 Å². The Morgan fingerprint density at radius 1 is 1.04 bits per heavy atom. The number of hydrogen-bond donors (Lipinski definition) is 1. The molecule has 0 saturated heterocycles. The Hall–Kier alpha value is -2.60. The first-order valence-corrected chi connectivity index (χ1v) is 7.18. The van der Waals surface area contributed by atoms with E-state index in [0.29, 0.717) is 16.6 Å². The molecule has 0 fully saturated rings. The Morgan fingerprint density at radius 2 is 1.72 bits per heavy atom. The Bertz CT molecular complexity index is 908. The molecule has 3 rings (SSSR count). The van der Waals surface area contributed by atoms with Crippen LogP contribution in [-0.2, 0) is 6.18 Å². The van der Waals surface area contributed by atoms with E-state index in [2.05, 4.69) is 10.3 Å². The van der Waals surface area contributed by atoms with Crippen LogP contribution in [-0.4, -0.2) is 10.8 Å². The van der Waals surface area contributed by atoms with Crippen molar-refractivity contribution < 1.29 is 18.0 Å². The van der Waals surface area contributed by atoms with Crippen LogP contribution in [0.2, 0.25) is 0 Å². The van der Waals surface area contributed by atoms with Gasteiger partial charge in [-0.15, -0.1) is 12.4 Å². The van der Waals surface area contributed by atoms with Crippen LogP contribution in [0.25, 0.3) is 10.9 Å². The molecule has 1 N–H and O–H groups in total. The van der Waals surface area contributed by atoms with Gasteiger partial charge in [-0.05, 0) is 49.4 Å². The summed E-state index contributed by atoms with van der Waals surface area (Å²) in [5, 5.41) is 3.72. The molecule has 0 spiro atoms. The molecule has 7 heteroatoms. The van der Waals surface area contributed by atoms with Crippen molar-refractivity contribution in [2.24, 2.45) is 0 Å². The maximum atomic E-state index is 12.8. The van der Waals surface area contributed by atoms with E-state index in [-0.39, 0.29) is 23.7 Å². The molecule has 0 amide bonds. The monoisotopic (exact) mass is 366 g/mol. The molecule has 25 heavy (non-hydrogen) atoms. The lowest BCUT2D eigenvalue weighted by molar-refractivity contribution is -0.137. The number of aromatic nitrogens is 1. The van der Waals surface area contributed by atoms with Crippen LogP contribution in [0, 0.1) is 0 Å². The molecular weight excluding hydrogens is 353 g/mol. The molecule has 0 atom stereocenters. The van der Waals surface area contributed by atoms with Gasteiger partial charge in [-0.25, -0.2) is 0 Å². The highest BCUT2D eigenvalue weighted by Gasteiger charge is 2.30. The number of carbonyl (C=O) groups is 1. The number of nitrogens with zero attached hydrogens (tertiary/aromatic N) is 1. The van der Waals surface area contributed by atoms with E-state index in [1.807, 2.05) is 0 Å². The summed E-state index contributed by atoms with van der Waals surface area (Å²) in [6, 6.07) is 12.0. The second-order valence-electron chi connectivity index (χ2n) is 5.35. The number of hydrogen-bond acceptors (Lipinski definition) is 3. The van der Waals surface area contributed by atoms with E-state index in [1.165, 1.54) is 19.2 Å². The number of nitrogens with one attached hydrogen (secondary N) is 1. The number of pyridine rings is 1. The van der Waals surface area contributed by atoms with Gasteiger partial charge >= 0.3 is 6.18 Å². The highest BCUT2D eigenvalue weighted by molar-refractivity contribution is 5.95. The van der Waals surface area contributed by atoms with Crippen molar-refractivity contribution in [1.82, 2.24) is 4.98 Å². The molecule has 0 radical (unpaired) electrons. The number of carbonyl (C=O) groups excluding carboxylic acids is 1. The van der Waals surface area contributed by atoms with Crippen LogP contribution in [0.3, 0.4) is 0 Å². The second kappa shape index (κ2) is 7.11. The zero-order chi connectivity index (χ0) is 17.3. The third-order valence-corrected chi connectivity index (χ3v) is 3.64. The molecule has 0 aliphatic carbocycles. The summed E-state index contributed by atoms with van der Waals surface area (Å²) >= 11 is 0. The number of fused-ring (bicyclic) bond motifs is 1. The van der Waals surface area contributed by atoms with Crippen LogP contribution < -0.4 is 5.32 Å². The molecule has 0 aliphatic heterocycles. The fraction of sp³-hybridized carbons (Fsp3) is 0.111. The third kappa shape index (κ3) is 4.09. The number of ketones is 1. The lowest BCUT2D eigenvalue weighted by Gasteiger charge is -2.12. The fourth-order valence-corrected chi connectivity index (χ4v) is 2.38. The highest BCUT2D eigenvalue weighted by atomic mass is 35.5. The molecule has 0 bridgehead atoms. The lowest BCUT2D eigenvalue weighted by Crippen LogP contribution is -2.04. The number of alkyl halides is 3. The summed E-state index contributed by atoms with van der Waals surface area (Å²) in [4.78, 5) is 15.3. The predicted octanol–water partition coefficient (Wildman–Crippen LogP) is 5.62. The highest BCUT2D eigenvalue weighted by Crippen LogP contribution is 2.33. The predicted molar refractivity (Wildman–Crippen MR) is 93.7 cm³/mol. The van der Waals surface area contributed by atoms with Crippen molar-refractivity contribution in [2.75, 3.05) is 5.32 Å². The number of Topliss-reactive ketones (excluding diaryl/α,β-unsaturated/α-hetero) is 1. The average Bonchev–Trinajstić information content (AvgIpc) is 2.54. The van der Waals surface area contributed by atoms with Gasteiger partial charge in [0.2, 0.25) is 0 Å². The third-order valence-electron chi connectivity index (χ3n) is 3.64. The van der Waals surface area contributed by atoms with E-state index in [4.69, 9.17) is 0 Å². The Balaban J connectivity index is 0.00000225. The summed E-state index contributed by atoms with van der Waals surface area (Å²) in [7, 11) is 0. The standard InChI is InChI=1S/C18H13F3N2O.ClH/c1-11(24)12-2-5-14(6-3-12)23-16-8-9-22-17-10-13(18(19,20)21)4-7-15(16)17;/h2-10H,1H3,(H,22,23);1H. The van der Waals surface area contributed by atoms with Crippen molar-refractivity contribution in [2.45, 2.75) is 13.1 Å². The van der Waals surface area contributed by atoms with Crippen molar-refractivity contribution in [1.29, 1.82) is 0 Å². The molecule has 0 aliphatic rings. The summed E-state index contributed by atoms with van der Waals surface area (Å²) in [6.07, 6.45) is -2.95. The summed E-state index contributed by atoms with van der Waals surface area (Å²) < 4.78 is 38.4. The molecule has 0 unspecified atom stereocenters. The topological polar surface area (TPSA) is 42.0 Å². The maximum absolute atomic E-state index is 12.8. The van der Waals surface area contributed by atoms with Gasteiger partial charge in [0, 0.05) is 28.5 Å². The first-order valence-electron chi connectivity index (χ1n) is 7.18. The smallest absolute Gasteiger partial charge is 0.355 e. The van der Waals surface area contributed by atoms with Crippen molar-refractivity contribution in [3.8, 4) is 0 Å². The van der Waals surface area contributed by atoms with Gasteiger partial charge < -0.3 is 5.32 Å². The van der Waals surface area contributed by atoms with Crippen LogP contribution in [0.15, 0.2) is 54.7 Å². The Kier molecular flexibility index (Phi) is 5.33. The molecule has 0 saturated carbocycles. The SMILES string of the molecule is CC(=O)c1ccc(Nc2ccnc3cc(C(F)(F)F)ccc23)cc1.Cl. The summed E-state index contributed by atoms with van der Waals surface area (Å²) in [5.41, 5.74) is 1.49. The van der Waals surface area contributed by atoms with E-state index in [0.717, 1.165) is 17.8 Å². The number of benzene rings is 2. The summed E-state index contributed by atoms with van der Waals surface area (Å²) in [5.74, 6) is -0.0319. The van der Waals surface area contributed by atoms with Gasteiger partial charge in [-0.2, -0.15) is 13.2 Å². The minimum Gasteiger partial charge on any atom is -0.355 e. The zero-order valence-corrected chi connectivity index (χ0v) is 13.9. The number of anilines is 2. The van der Waals surface area contributed by atoms with Crippen molar-refractivity contribution in [3.63, 3.8) is 0 Å². The minimum atomic E-state index is -4.40. The average molecular weight is 367 g/mol. The number of halogens is 4. The van der Waals surface area contributed by atoms with E-state index < -0.39 is 11.7 Å². The quantitative estimate of drug-likeness (QED) is 0.611. The number of rotatable bonds is 3. The lowest BCUT2D eigenvalue weighted by atomic mass is 10.1. The first kappa shape index (κ1) is 18.7. The van der Waals surface area contributed by atoms with Crippen molar-refractivity contribution >= 4 is 40.5 Å². The minimum absolute atomic E-state index is 0. The Labute approximate surface area is 148 Å². The van der Waals surface area contributed by atoms with Crippen LogP contribution >= 0.6 is 12.4 Å². The van der Waals surface area contributed by atoms with E-state index in [1.54, 1.807) is 30.3 Å². The molecular formula is C18H14ClF3N2O. The van der Waals surface area contributed by atoms with Gasteiger partial charge in [0.05, 0.1) is 11.1 Å². The Morgan fingerprint density at radius 3 is 2.32 bits per heavy atom. The fourth-order valence-electron chi connectivity index (χ4n) is 2.38. The van der Waals surface area contributed by atoms with E-state index in [9.17, 15) is 18.0 Å². The largest absolute Gasteiger partial charge is 0.416 e. The van der Waals surface area contributed by atoms with Crippen LogP contribution in [0.5, 0.6) is 0 Å². The van der Waals surface area contributed by atoms with Gasteiger partial charge in [-0.3, -0.25) is 9.78 Å². The van der Waals surface area contributed by atoms with Crippen LogP contribution in [0.4, 0.5) is 24.5 Å². The van der Waals surface area contributed by atoms with E-state index >= 15 is 0 Å². The van der Waals surface area contributed by atoms with Gasteiger partial charge in [0.25, 0.3) is 0 Å². The molecule has 130 valence electrons. The van der Waals surface area contributed by atoms with Gasteiger partial charge in [0.1, 0.15) is 0 Å². The molecule has 2 aromatic carbocycles. The maximum Gasteiger partial charge on any atom is 0.416 e. The molecule has 3 aromatic rings. The molecule has 1 heterocycles. The zero-order valence-electron chi connectivity index (χ0n) is 13.1.